The van der Waals surface area contributed by atoms with Crippen LogP contribution in [0.4, 0.5) is 22.7 Å². The summed E-state index contributed by atoms with van der Waals surface area (Å²) in [7, 11) is -14.0. The Labute approximate surface area is 243 Å². The largest absolute Gasteiger partial charge is 0.504 e. The minimum Gasteiger partial charge on any atom is -0.504 e. The summed E-state index contributed by atoms with van der Waals surface area (Å²) in [5.74, 6) is -0.937. The number of aromatic hydroxyl groups is 1. The molecule has 4 N–H and O–H groups in total. The lowest BCUT2D eigenvalue weighted by Gasteiger charge is -2.10. The van der Waals surface area contributed by atoms with Crippen molar-refractivity contribution in [2.45, 2.75) is 14.7 Å². The van der Waals surface area contributed by atoms with E-state index in [2.05, 4.69) is 20.5 Å². The molecule has 17 heteroatoms. The summed E-state index contributed by atoms with van der Waals surface area (Å²) in [5.41, 5.74) is 0.561. The van der Waals surface area contributed by atoms with Crippen molar-refractivity contribution >= 4 is 74.6 Å². The lowest BCUT2D eigenvalue weighted by molar-refractivity contribution is 0.445. The monoisotopic (exact) mass is 642 g/mol. The first-order chi connectivity index (χ1) is 20.1. The van der Waals surface area contributed by atoms with Gasteiger partial charge in [-0.25, -0.2) is 0 Å². The molecular formula is C26H18N4O10S3. The minimum atomic E-state index is -4.99. The van der Waals surface area contributed by atoms with Crippen LogP contribution >= 0.6 is 0 Å². The van der Waals surface area contributed by atoms with Gasteiger partial charge in [0.25, 0.3) is 30.4 Å². The van der Waals surface area contributed by atoms with E-state index in [4.69, 9.17) is 4.55 Å². The maximum Gasteiger partial charge on any atom is 0.298 e. The van der Waals surface area contributed by atoms with Gasteiger partial charge in [-0.2, -0.15) is 30.4 Å². The third-order valence-electron chi connectivity index (χ3n) is 6.14. The van der Waals surface area contributed by atoms with Crippen LogP contribution in [0.15, 0.2) is 120 Å². The zero-order valence-electron chi connectivity index (χ0n) is 21.3. The summed E-state index contributed by atoms with van der Waals surface area (Å²) in [5, 5.41) is 28.3. The third kappa shape index (κ3) is 6.26. The Morgan fingerprint density at radius 1 is 0.512 bits per heavy atom. The fourth-order valence-corrected chi connectivity index (χ4v) is 5.74. The van der Waals surface area contributed by atoms with E-state index in [1.54, 1.807) is 30.3 Å². The molecule has 5 rings (SSSR count). The molecule has 0 fully saturated rings. The van der Waals surface area contributed by atoms with E-state index in [0.29, 0.717) is 22.1 Å². The Morgan fingerprint density at radius 3 is 1.58 bits per heavy atom. The molecular weight excluding hydrogens is 625 g/mol. The van der Waals surface area contributed by atoms with Crippen molar-refractivity contribution in [2.24, 2.45) is 20.5 Å². The van der Waals surface area contributed by atoms with Gasteiger partial charge >= 0.3 is 0 Å². The first-order valence-electron chi connectivity index (χ1n) is 11.8. The zero-order valence-corrected chi connectivity index (χ0v) is 23.8. The summed E-state index contributed by atoms with van der Waals surface area (Å²) in [6, 6.07) is 19.0. The van der Waals surface area contributed by atoms with Crippen molar-refractivity contribution in [3.8, 4) is 5.75 Å². The number of rotatable bonds is 7. The molecule has 0 bridgehead atoms. The number of hydrogen-bond donors (Lipinski definition) is 4. The van der Waals surface area contributed by atoms with Gasteiger partial charge in [0.1, 0.15) is 10.6 Å². The van der Waals surface area contributed by atoms with Gasteiger partial charge in [0.05, 0.1) is 26.9 Å². The lowest BCUT2D eigenvalue weighted by atomic mass is 10.1. The van der Waals surface area contributed by atoms with Crippen LogP contribution in [0.5, 0.6) is 5.75 Å². The average molecular weight is 643 g/mol. The Kier molecular flexibility index (Phi) is 7.55. The summed E-state index contributed by atoms with van der Waals surface area (Å²) in [6.45, 7) is 0. The van der Waals surface area contributed by atoms with Crippen molar-refractivity contribution in [3.05, 3.63) is 84.9 Å². The van der Waals surface area contributed by atoms with Gasteiger partial charge in [0, 0.05) is 16.2 Å². The molecule has 5 aromatic rings. The Balaban J connectivity index is 1.59. The van der Waals surface area contributed by atoms with E-state index >= 15 is 0 Å². The molecule has 220 valence electrons. The molecule has 0 saturated heterocycles. The molecule has 0 unspecified atom stereocenters. The molecule has 0 radical (unpaired) electrons. The van der Waals surface area contributed by atoms with E-state index in [0.717, 1.165) is 18.2 Å². The van der Waals surface area contributed by atoms with E-state index in [9.17, 15) is 39.5 Å². The summed E-state index contributed by atoms with van der Waals surface area (Å²) in [6.07, 6.45) is 0. The summed E-state index contributed by atoms with van der Waals surface area (Å²) >= 11 is 0. The van der Waals surface area contributed by atoms with Gasteiger partial charge in [-0.15, -0.1) is 15.3 Å². The molecule has 0 heterocycles. The highest BCUT2D eigenvalue weighted by atomic mass is 32.2. The smallest absolute Gasteiger partial charge is 0.298 e. The topological polar surface area (TPSA) is 233 Å². The quantitative estimate of drug-likeness (QED) is 0.115. The first-order valence-corrected chi connectivity index (χ1v) is 16.1. The van der Waals surface area contributed by atoms with Crippen LogP contribution in [0.25, 0.3) is 21.5 Å². The molecule has 0 aliphatic carbocycles. The Hall–Kier alpha value is -4.65. The lowest BCUT2D eigenvalue weighted by Crippen LogP contribution is -2.00. The molecule has 43 heavy (non-hydrogen) atoms. The number of phenols is 1. The molecule has 5 aromatic carbocycles. The van der Waals surface area contributed by atoms with Crippen LogP contribution in [0, 0.1) is 0 Å². The standard InChI is InChI=1S/C26H18N4O10S3/c31-26-24(43(38,39)40)14-15-13-18(42(35,36)37)9-10-19(15)25(26)30-29-23-12-11-22(20-3-1-2-4-21(20)23)28-27-16-5-7-17(8-6-16)41(32,33)34/h1-14,31H,(H,32,33,34)(H,35,36,37)(H,38,39,40). The highest BCUT2D eigenvalue weighted by Crippen LogP contribution is 2.43. The second kappa shape index (κ2) is 10.9. The normalized spacial score (nSPS) is 13.0. The highest BCUT2D eigenvalue weighted by molar-refractivity contribution is 7.86. The van der Waals surface area contributed by atoms with Crippen LogP contribution in [-0.4, -0.2) is 44.0 Å². The van der Waals surface area contributed by atoms with Crippen LogP contribution < -0.4 is 0 Å². The van der Waals surface area contributed by atoms with Crippen molar-refractivity contribution in [2.75, 3.05) is 0 Å². The van der Waals surface area contributed by atoms with Gasteiger partial charge in [-0.3, -0.25) is 13.7 Å². The number of benzene rings is 5. The zero-order chi connectivity index (χ0) is 31.2. The molecule has 0 saturated carbocycles. The van der Waals surface area contributed by atoms with Gasteiger partial charge in [0.15, 0.2) is 5.75 Å². The molecule has 0 spiro atoms. The third-order valence-corrected chi connectivity index (χ3v) is 8.73. The first kappa shape index (κ1) is 29.8. The van der Waals surface area contributed by atoms with Gasteiger partial charge in [-0.1, -0.05) is 30.3 Å². The average Bonchev–Trinajstić information content (AvgIpc) is 2.94. The summed E-state index contributed by atoms with van der Waals surface area (Å²) < 4.78 is 97.7. The SMILES string of the molecule is O=S(=O)(O)c1ccc(N=Nc2ccc(N=Nc3c(O)c(S(=O)(=O)O)cc4cc(S(=O)(=O)O)ccc34)c3ccccc23)cc1. The van der Waals surface area contributed by atoms with Gasteiger partial charge < -0.3 is 5.11 Å². The van der Waals surface area contributed by atoms with Crippen molar-refractivity contribution in [1.29, 1.82) is 0 Å². The second-order valence-corrected chi connectivity index (χ2v) is 13.2. The predicted molar refractivity (Wildman–Crippen MR) is 154 cm³/mol. The predicted octanol–water partition coefficient (Wildman–Crippen LogP) is 6.27. The number of hydrogen-bond acceptors (Lipinski definition) is 11. The number of fused-ring (bicyclic) bond motifs is 2. The molecule has 14 nitrogen and oxygen atoms in total. The van der Waals surface area contributed by atoms with E-state index in [-0.39, 0.29) is 21.4 Å². The minimum absolute atomic E-state index is 0.0655. The molecule has 0 aromatic heterocycles. The van der Waals surface area contributed by atoms with Crippen LogP contribution in [-0.2, 0) is 30.4 Å². The van der Waals surface area contributed by atoms with Crippen molar-refractivity contribution in [1.82, 2.24) is 0 Å². The van der Waals surface area contributed by atoms with Crippen LogP contribution in [0.1, 0.15) is 0 Å². The molecule has 0 amide bonds. The second-order valence-electron chi connectivity index (χ2n) is 8.92. The van der Waals surface area contributed by atoms with Gasteiger partial charge in [0.2, 0.25) is 0 Å². The molecule has 0 atom stereocenters. The highest BCUT2D eigenvalue weighted by Gasteiger charge is 2.23. The number of nitrogens with zero attached hydrogens (tertiary/aromatic N) is 4. The maximum absolute atomic E-state index is 11.9. The maximum atomic E-state index is 11.9. The van der Waals surface area contributed by atoms with Crippen LogP contribution in [0.3, 0.4) is 0 Å². The van der Waals surface area contributed by atoms with Crippen molar-refractivity contribution in [3.63, 3.8) is 0 Å². The van der Waals surface area contributed by atoms with Crippen molar-refractivity contribution < 1.29 is 44.0 Å². The fraction of sp³-hybridized carbons (Fsp3) is 0. The van der Waals surface area contributed by atoms with E-state index < -0.39 is 51.6 Å². The van der Waals surface area contributed by atoms with E-state index in [1.807, 2.05) is 0 Å². The van der Waals surface area contributed by atoms with E-state index in [1.165, 1.54) is 36.4 Å². The molecule has 0 aliphatic rings. The summed E-state index contributed by atoms with van der Waals surface area (Å²) in [4.78, 5) is -1.81. The molecule has 0 aliphatic heterocycles. The number of azo groups is 2. The van der Waals surface area contributed by atoms with Gasteiger partial charge in [-0.05, 0) is 60.0 Å². The fourth-order valence-electron chi connectivity index (χ4n) is 4.13. The van der Waals surface area contributed by atoms with Crippen LogP contribution in [0.2, 0.25) is 0 Å². The Bertz CT molecular complexity index is 2320. The number of phenolic OH excluding ortho intramolecular Hbond substituents is 1. The Morgan fingerprint density at radius 2 is 1.05 bits per heavy atom.